The number of carboxylic acids is 2. The third-order valence-electron chi connectivity index (χ3n) is 5.56. The summed E-state index contributed by atoms with van der Waals surface area (Å²) in [7, 11) is 0. The Labute approximate surface area is 184 Å². The molecular formula is C23H24N2O7. The molecule has 168 valence electrons. The molecule has 0 aromatic heterocycles. The van der Waals surface area contributed by atoms with Gasteiger partial charge in [0.25, 0.3) is 0 Å². The molecule has 0 spiro atoms. The van der Waals surface area contributed by atoms with E-state index in [9.17, 15) is 29.4 Å². The number of amides is 1. The van der Waals surface area contributed by atoms with E-state index in [1.54, 1.807) is 60.7 Å². The maximum Gasteiger partial charge on any atom is 0.408 e. The maximum absolute atomic E-state index is 13.1. The van der Waals surface area contributed by atoms with E-state index in [1.807, 2.05) is 0 Å². The Bertz CT molecular complexity index is 996. The van der Waals surface area contributed by atoms with E-state index in [-0.39, 0.29) is 19.4 Å². The molecule has 2 aromatic rings. The Hall–Kier alpha value is -3.72. The molecule has 0 aliphatic heterocycles. The first-order valence-corrected chi connectivity index (χ1v) is 10.0. The van der Waals surface area contributed by atoms with Gasteiger partial charge in [0.1, 0.15) is 18.2 Å². The molecule has 3 rings (SSSR count). The number of ether oxygens (including phenoxy) is 1. The number of carbonyl (C=O) groups excluding carboxylic acids is 2. The van der Waals surface area contributed by atoms with Crippen LogP contribution in [0.1, 0.15) is 17.5 Å². The number of hydrogen-bond acceptors (Lipinski definition) is 6. The molecule has 0 saturated heterocycles. The lowest BCUT2D eigenvalue weighted by atomic mass is 9.87. The highest BCUT2D eigenvalue weighted by atomic mass is 16.5. The number of carboxylic acid groups (broad SMARTS) is 2. The Morgan fingerprint density at radius 2 is 1.56 bits per heavy atom. The monoisotopic (exact) mass is 440 g/mol. The largest absolute Gasteiger partial charge is 0.481 e. The van der Waals surface area contributed by atoms with Gasteiger partial charge in [-0.3, -0.25) is 14.4 Å². The summed E-state index contributed by atoms with van der Waals surface area (Å²) < 4.78 is 5.15. The zero-order valence-corrected chi connectivity index (χ0v) is 17.1. The van der Waals surface area contributed by atoms with Crippen LogP contribution in [0.25, 0.3) is 0 Å². The van der Waals surface area contributed by atoms with Crippen molar-refractivity contribution in [1.29, 1.82) is 0 Å². The van der Waals surface area contributed by atoms with Gasteiger partial charge >= 0.3 is 18.0 Å². The predicted molar refractivity (Wildman–Crippen MR) is 112 cm³/mol. The number of Topliss-reactive ketones (excluding diaryl/α,β-unsaturated/α-hetero) is 1. The minimum absolute atomic E-state index is 0.0527. The molecule has 1 aliphatic rings. The summed E-state index contributed by atoms with van der Waals surface area (Å²) >= 11 is 0. The molecule has 1 aliphatic carbocycles. The highest BCUT2D eigenvalue weighted by Crippen LogP contribution is 2.43. The minimum Gasteiger partial charge on any atom is -0.481 e. The molecule has 9 nitrogen and oxygen atoms in total. The maximum atomic E-state index is 13.1. The van der Waals surface area contributed by atoms with Gasteiger partial charge in [0.2, 0.25) is 0 Å². The van der Waals surface area contributed by atoms with Crippen LogP contribution in [-0.4, -0.2) is 45.6 Å². The fourth-order valence-corrected chi connectivity index (χ4v) is 3.56. The molecule has 9 heteroatoms. The van der Waals surface area contributed by atoms with Crippen LogP contribution in [0, 0.1) is 11.8 Å². The van der Waals surface area contributed by atoms with Gasteiger partial charge < -0.3 is 26.0 Å². The highest BCUT2D eigenvalue weighted by molar-refractivity contribution is 6.02. The number of hydrogen-bond donors (Lipinski definition) is 4. The van der Waals surface area contributed by atoms with Crippen molar-refractivity contribution in [3.8, 4) is 0 Å². The van der Waals surface area contributed by atoms with Crippen LogP contribution in [-0.2, 0) is 32.1 Å². The summed E-state index contributed by atoms with van der Waals surface area (Å²) in [4.78, 5) is 49.0. The molecule has 1 fully saturated rings. The van der Waals surface area contributed by atoms with Crippen LogP contribution >= 0.6 is 0 Å². The fraction of sp³-hybridized carbons (Fsp3) is 0.304. The number of aliphatic carboxylic acids is 2. The lowest BCUT2D eigenvalue weighted by molar-refractivity contribution is -0.145. The summed E-state index contributed by atoms with van der Waals surface area (Å²) in [5, 5.41) is 21.5. The molecule has 1 saturated carbocycles. The van der Waals surface area contributed by atoms with E-state index in [1.165, 1.54) is 0 Å². The van der Waals surface area contributed by atoms with Gasteiger partial charge in [0.15, 0.2) is 5.78 Å². The molecule has 0 heterocycles. The van der Waals surface area contributed by atoms with Gasteiger partial charge in [0.05, 0.1) is 11.8 Å². The number of rotatable bonds is 10. The molecule has 0 radical (unpaired) electrons. The number of nitrogens with one attached hydrogen (secondary N) is 1. The number of nitrogens with two attached hydrogens (primary N) is 1. The van der Waals surface area contributed by atoms with Crippen LogP contribution in [0.5, 0.6) is 0 Å². The molecule has 5 N–H and O–H groups in total. The number of ketones is 1. The van der Waals surface area contributed by atoms with Crippen molar-refractivity contribution in [3.05, 3.63) is 71.8 Å². The first-order valence-electron chi connectivity index (χ1n) is 10.0. The number of benzene rings is 2. The van der Waals surface area contributed by atoms with E-state index in [0.29, 0.717) is 11.1 Å². The van der Waals surface area contributed by atoms with Crippen molar-refractivity contribution in [3.63, 3.8) is 0 Å². The van der Waals surface area contributed by atoms with E-state index >= 15 is 0 Å². The van der Waals surface area contributed by atoms with Gasteiger partial charge in [-0.1, -0.05) is 60.7 Å². The van der Waals surface area contributed by atoms with Gasteiger partial charge in [-0.15, -0.1) is 0 Å². The topological polar surface area (TPSA) is 156 Å². The van der Waals surface area contributed by atoms with Gasteiger partial charge in [0, 0.05) is 0 Å². The molecule has 3 unspecified atom stereocenters. The molecule has 2 aromatic carbocycles. The Morgan fingerprint density at radius 3 is 2.06 bits per heavy atom. The summed E-state index contributed by atoms with van der Waals surface area (Å²) in [5.74, 6) is -5.84. The van der Waals surface area contributed by atoms with Crippen molar-refractivity contribution in [2.45, 2.75) is 31.0 Å². The van der Waals surface area contributed by atoms with Crippen molar-refractivity contribution in [2.75, 3.05) is 0 Å². The molecule has 32 heavy (non-hydrogen) atoms. The first-order chi connectivity index (χ1) is 15.2. The first kappa shape index (κ1) is 23.0. The smallest absolute Gasteiger partial charge is 0.408 e. The van der Waals surface area contributed by atoms with Gasteiger partial charge in [-0.25, -0.2) is 4.79 Å². The van der Waals surface area contributed by atoms with Gasteiger partial charge in [-0.2, -0.15) is 0 Å². The third kappa shape index (κ3) is 5.30. The quantitative estimate of drug-likeness (QED) is 0.434. The SMILES string of the molecule is NC1(C(=O)O)CC1C(=O)[C@@H](NC(=O)OCc1ccccc1)C(Cc1ccccc1)C(=O)O. The third-order valence-corrected chi connectivity index (χ3v) is 5.56. The average Bonchev–Trinajstić information content (AvgIpc) is 3.49. The number of carbonyl (C=O) groups is 4. The van der Waals surface area contributed by atoms with Gasteiger partial charge in [-0.05, 0) is 24.0 Å². The van der Waals surface area contributed by atoms with Crippen molar-refractivity contribution >= 4 is 23.8 Å². The van der Waals surface area contributed by atoms with Crippen LogP contribution in [0.4, 0.5) is 4.79 Å². The molecular weight excluding hydrogens is 416 g/mol. The Kier molecular flexibility index (Phi) is 6.89. The second kappa shape index (κ2) is 9.61. The molecule has 0 bridgehead atoms. The summed E-state index contributed by atoms with van der Waals surface area (Å²) in [6, 6.07) is 15.9. The minimum atomic E-state index is -1.76. The average molecular weight is 440 g/mol. The van der Waals surface area contributed by atoms with Crippen molar-refractivity contribution in [1.82, 2.24) is 5.32 Å². The molecule has 1 amide bonds. The second-order valence-electron chi connectivity index (χ2n) is 7.82. The second-order valence-corrected chi connectivity index (χ2v) is 7.82. The van der Waals surface area contributed by atoms with E-state index < -0.39 is 47.2 Å². The van der Waals surface area contributed by atoms with Crippen molar-refractivity contribution < 1.29 is 34.1 Å². The van der Waals surface area contributed by atoms with Crippen LogP contribution in [0.15, 0.2) is 60.7 Å². The van der Waals surface area contributed by atoms with Crippen LogP contribution < -0.4 is 11.1 Å². The van der Waals surface area contributed by atoms with Crippen LogP contribution in [0.3, 0.4) is 0 Å². The summed E-state index contributed by atoms with van der Waals surface area (Å²) in [5.41, 5.74) is 5.34. The standard InChI is InChI=1S/C23H24N2O7/c24-23(21(29)30)12-17(23)19(26)18(16(20(27)28)11-14-7-3-1-4-8-14)25-22(31)32-13-15-9-5-2-6-10-15/h1-10,16-18H,11-13,24H2,(H,25,31)(H,27,28)(H,29,30)/t16?,17?,18-,23?/m0/s1. The zero-order valence-electron chi connectivity index (χ0n) is 17.1. The molecule has 4 atom stereocenters. The Balaban J connectivity index is 1.79. The van der Waals surface area contributed by atoms with E-state index in [2.05, 4.69) is 5.32 Å². The van der Waals surface area contributed by atoms with E-state index in [0.717, 1.165) is 0 Å². The lowest BCUT2D eigenvalue weighted by Crippen LogP contribution is -2.52. The zero-order chi connectivity index (χ0) is 23.3. The van der Waals surface area contributed by atoms with Crippen molar-refractivity contribution in [2.24, 2.45) is 17.6 Å². The normalized spacial score (nSPS) is 21.1. The summed E-state index contributed by atoms with van der Waals surface area (Å²) in [6.07, 6.45) is -1.16. The Morgan fingerprint density at radius 1 is 1.00 bits per heavy atom. The summed E-state index contributed by atoms with van der Waals surface area (Å²) in [6.45, 7) is -0.0800. The lowest BCUT2D eigenvalue weighted by Gasteiger charge is -2.24. The van der Waals surface area contributed by atoms with E-state index in [4.69, 9.17) is 10.5 Å². The van der Waals surface area contributed by atoms with Crippen LogP contribution in [0.2, 0.25) is 0 Å². The fourth-order valence-electron chi connectivity index (χ4n) is 3.56. The number of alkyl carbamates (subject to hydrolysis) is 1. The predicted octanol–water partition coefficient (Wildman–Crippen LogP) is 1.60. The highest BCUT2D eigenvalue weighted by Gasteiger charge is 2.63.